The fourth-order valence-corrected chi connectivity index (χ4v) is 3.66. The van der Waals surface area contributed by atoms with Gasteiger partial charge in [0.2, 0.25) is 5.75 Å². The van der Waals surface area contributed by atoms with Crippen molar-refractivity contribution in [2.24, 2.45) is 0 Å². The van der Waals surface area contributed by atoms with Gasteiger partial charge in [-0.25, -0.2) is 13.2 Å². The van der Waals surface area contributed by atoms with Gasteiger partial charge in [-0.3, -0.25) is 10.2 Å². The van der Waals surface area contributed by atoms with Crippen molar-refractivity contribution < 1.29 is 37.3 Å². The van der Waals surface area contributed by atoms with E-state index in [0.717, 1.165) is 18.2 Å². The number of rotatable bonds is 11. The first-order valence-corrected chi connectivity index (χ1v) is 11.4. The Balaban J connectivity index is 2.30. The molecule has 1 amide bonds. The highest BCUT2D eigenvalue weighted by molar-refractivity contribution is 7.89. The molecule has 12 heteroatoms. The molecule has 0 fully saturated rings. The summed E-state index contributed by atoms with van der Waals surface area (Å²) in [6.45, 7) is 6.23. The van der Waals surface area contributed by atoms with Crippen LogP contribution in [0, 0.1) is 0 Å². The second-order valence-electron chi connectivity index (χ2n) is 6.11. The molecule has 2 aromatic carbocycles. The number of sulfonamides is 1. The maximum Gasteiger partial charge on any atom is 0.337 e. The Morgan fingerprint density at radius 1 is 0.969 bits per heavy atom. The van der Waals surface area contributed by atoms with Gasteiger partial charge in [0.1, 0.15) is 0 Å². The number of carboxylic acid groups (broad SMARTS) is 1. The van der Waals surface area contributed by atoms with E-state index in [-0.39, 0.29) is 22.1 Å². The third-order valence-corrected chi connectivity index (χ3v) is 5.52. The molecule has 0 saturated carbocycles. The topological polar surface area (TPSA) is 140 Å². The van der Waals surface area contributed by atoms with Gasteiger partial charge in [0, 0.05) is 5.56 Å². The van der Waals surface area contributed by atoms with Crippen LogP contribution in [0.5, 0.6) is 17.2 Å². The van der Waals surface area contributed by atoms with Crippen LogP contribution in [-0.2, 0) is 10.0 Å². The SMILES string of the molecule is CCOc1cc(C(=O)NNS(=O)(=O)c2ccc(Cl)c(C(=O)O)c2)cc(OCC)c1OCC. The van der Waals surface area contributed by atoms with Crippen molar-refractivity contribution in [3.05, 3.63) is 46.5 Å². The number of ether oxygens (including phenoxy) is 3. The fourth-order valence-electron chi connectivity index (χ4n) is 2.60. The summed E-state index contributed by atoms with van der Waals surface area (Å²) in [4.78, 5) is 25.4. The highest BCUT2D eigenvalue weighted by atomic mass is 35.5. The molecule has 3 N–H and O–H groups in total. The number of halogens is 1. The minimum absolute atomic E-state index is 0.0467. The van der Waals surface area contributed by atoms with Crippen LogP contribution in [0.3, 0.4) is 0 Å². The van der Waals surface area contributed by atoms with E-state index in [2.05, 4.69) is 5.43 Å². The molecular weight excluding hydrogens is 464 g/mol. The number of hydrogen-bond donors (Lipinski definition) is 3. The molecule has 0 radical (unpaired) electrons. The molecule has 0 aliphatic carbocycles. The molecule has 0 bridgehead atoms. The normalized spacial score (nSPS) is 11.0. The average Bonchev–Trinajstić information content (AvgIpc) is 2.74. The standard InChI is InChI=1S/C20H23ClN2O8S/c1-4-29-16-9-12(10-17(30-5-2)18(16)31-6-3)19(24)22-23-32(27,28)13-7-8-15(21)14(11-13)20(25)26/h7-11,23H,4-6H2,1-3H3,(H,22,24)(H,25,26). The lowest BCUT2D eigenvalue weighted by Gasteiger charge is -2.17. The number of carbonyl (C=O) groups excluding carboxylic acids is 1. The second kappa shape index (κ2) is 11.0. The lowest BCUT2D eigenvalue weighted by atomic mass is 10.1. The zero-order chi connectivity index (χ0) is 23.9. The van der Waals surface area contributed by atoms with Crippen LogP contribution in [0.4, 0.5) is 0 Å². The van der Waals surface area contributed by atoms with Crippen LogP contribution < -0.4 is 24.5 Å². The first-order chi connectivity index (χ1) is 15.1. The summed E-state index contributed by atoms with van der Waals surface area (Å²) in [5.41, 5.74) is 1.74. The monoisotopic (exact) mass is 486 g/mol. The summed E-state index contributed by atoms with van der Waals surface area (Å²) >= 11 is 5.77. The molecule has 10 nitrogen and oxygen atoms in total. The minimum atomic E-state index is -4.28. The number of hydrazine groups is 1. The Bertz CT molecular complexity index is 1080. The van der Waals surface area contributed by atoms with Crippen LogP contribution in [-0.4, -0.2) is 45.2 Å². The zero-order valence-corrected chi connectivity index (χ0v) is 19.2. The maximum absolute atomic E-state index is 12.6. The van der Waals surface area contributed by atoms with E-state index in [9.17, 15) is 18.0 Å². The molecule has 0 saturated heterocycles. The van der Waals surface area contributed by atoms with E-state index in [1.165, 1.54) is 12.1 Å². The van der Waals surface area contributed by atoms with Crippen molar-refractivity contribution >= 4 is 33.5 Å². The summed E-state index contributed by atoms with van der Waals surface area (Å²) in [7, 11) is -4.28. The Labute approximate surface area is 190 Å². The lowest BCUT2D eigenvalue weighted by Crippen LogP contribution is -2.41. The summed E-state index contributed by atoms with van der Waals surface area (Å²) in [6.07, 6.45) is 0. The quantitative estimate of drug-likeness (QED) is 0.412. The smallest absolute Gasteiger partial charge is 0.337 e. The number of aromatic carboxylic acids is 1. The largest absolute Gasteiger partial charge is 0.490 e. The number of amides is 1. The number of hydrogen-bond acceptors (Lipinski definition) is 7. The van der Waals surface area contributed by atoms with Crippen LogP contribution >= 0.6 is 11.6 Å². The molecule has 2 aromatic rings. The predicted molar refractivity (Wildman–Crippen MR) is 116 cm³/mol. The molecule has 0 atom stereocenters. The van der Waals surface area contributed by atoms with E-state index in [1.807, 2.05) is 4.83 Å². The Hall–Kier alpha value is -3.02. The number of carboxylic acids is 1. The van der Waals surface area contributed by atoms with Crippen molar-refractivity contribution in [3.63, 3.8) is 0 Å². The molecule has 0 aromatic heterocycles. The van der Waals surface area contributed by atoms with Crippen molar-refractivity contribution in [1.82, 2.24) is 10.3 Å². The third-order valence-electron chi connectivity index (χ3n) is 3.95. The van der Waals surface area contributed by atoms with Gasteiger partial charge in [-0.05, 0) is 51.1 Å². The lowest BCUT2D eigenvalue weighted by molar-refractivity contribution is 0.0696. The minimum Gasteiger partial charge on any atom is -0.490 e. The third kappa shape index (κ3) is 6.02. The van der Waals surface area contributed by atoms with E-state index >= 15 is 0 Å². The van der Waals surface area contributed by atoms with Crippen molar-refractivity contribution in [2.45, 2.75) is 25.7 Å². The van der Waals surface area contributed by atoms with Gasteiger partial charge in [-0.1, -0.05) is 11.6 Å². The maximum atomic E-state index is 12.6. The molecule has 2 rings (SSSR count). The van der Waals surface area contributed by atoms with Gasteiger partial charge in [-0.2, -0.15) is 0 Å². The van der Waals surface area contributed by atoms with Gasteiger partial charge in [0.25, 0.3) is 15.9 Å². The summed E-state index contributed by atoms with van der Waals surface area (Å²) in [5, 5.41) is 9.00. The Morgan fingerprint density at radius 2 is 1.53 bits per heavy atom. The fraction of sp³-hybridized carbons (Fsp3) is 0.300. The van der Waals surface area contributed by atoms with Gasteiger partial charge in [0.15, 0.2) is 11.5 Å². The van der Waals surface area contributed by atoms with Crippen molar-refractivity contribution in [1.29, 1.82) is 0 Å². The van der Waals surface area contributed by atoms with Crippen molar-refractivity contribution in [2.75, 3.05) is 19.8 Å². The number of carbonyl (C=O) groups is 2. The van der Waals surface area contributed by atoms with Crippen LogP contribution in [0.15, 0.2) is 35.2 Å². The first-order valence-electron chi connectivity index (χ1n) is 9.55. The number of benzene rings is 2. The van der Waals surface area contributed by atoms with Crippen LogP contribution in [0.1, 0.15) is 41.5 Å². The summed E-state index contributed by atoms with van der Waals surface area (Å²) < 4.78 is 41.6. The van der Waals surface area contributed by atoms with Gasteiger partial charge in [-0.15, -0.1) is 4.83 Å². The molecule has 0 spiro atoms. The van der Waals surface area contributed by atoms with Crippen LogP contribution in [0.25, 0.3) is 0 Å². The molecule has 0 aliphatic heterocycles. The summed E-state index contributed by atoms with van der Waals surface area (Å²) in [5.74, 6) is -1.34. The highest BCUT2D eigenvalue weighted by Gasteiger charge is 2.22. The molecule has 0 unspecified atom stereocenters. The first kappa shape index (κ1) is 25.2. The van der Waals surface area contributed by atoms with Gasteiger partial charge < -0.3 is 19.3 Å². The second-order valence-corrected chi connectivity index (χ2v) is 8.20. The zero-order valence-electron chi connectivity index (χ0n) is 17.6. The van der Waals surface area contributed by atoms with Gasteiger partial charge >= 0.3 is 5.97 Å². The molecule has 0 aliphatic rings. The molecule has 32 heavy (non-hydrogen) atoms. The summed E-state index contributed by atoms with van der Waals surface area (Å²) in [6, 6.07) is 5.92. The number of nitrogens with one attached hydrogen (secondary N) is 2. The van der Waals surface area contributed by atoms with E-state index in [1.54, 1.807) is 20.8 Å². The molecular formula is C20H23ClN2O8S. The Kier molecular flexibility index (Phi) is 8.70. The highest BCUT2D eigenvalue weighted by Crippen LogP contribution is 2.39. The van der Waals surface area contributed by atoms with Gasteiger partial charge in [0.05, 0.1) is 35.3 Å². The van der Waals surface area contributed by atoms with Crippen molar-refractivity contribution in [3.8, 4) is 17.2 Å². The average molecular weight is 487 g/mol. The molecule has 0 heterocycles. The molecule has 174 valence electrons. The van der Waals surface area contributed by atoms with E-state index < -0.39 is 32.4 Å². The predicted octanol–water partition coefficient (Wildman–Crippen LogP) is 2.86. The Morgan fingerprint density at radius 3 is 2.03 bits per heavy atom. The van der Waals surface area contributed by atoms with E-state index in [4.69, 9.17) is 30.9 Å². The van der Waals surface area contributed by atoms with E-state index in [0.29, 0.717) is 25.6 Å². The van der Waals surface area contributed by atoms with Crippen LogP contribution in [0.2, 0.25) is 5.02 Å².